The van der Waals surface area contributed by atoms with Crippen molar-refractivity contribution in [2.45, 2.75) is 106 Å². The number of carbonyl (C=O) groups is 2. The molecule has 0 aromatic heterocycles. The average molecular weight is 551 g/mol. The molecule has 6 rings (SSSR count). The number of aldehydes is 1. The van der Waals surface area contributed by atoms with E-state index < -0.39 is 59.2 Å². The molecule has 5 fully saturated rings. The second kappa shape index (κ2) is 9.31. The molecule has 4 aliphatic carbocycles. The third-order valence-corrected chi connectivity index (χ3v) is 12.3. The van der Waals surface area contributed by atoms with Crippen LogP contribution >= 0.6 is 0 Å². The summed E-state index contributed by atoms with van der Waals surface area (Å²) in [7, 11) is 0. The Hall–Kier alpha value is -1.40. The van der Waals surface area contributed by atoms with Crippen LogP contribution < -0.4 is 0 Å². The Morgan fingerprint density at radius 3 is 2.38 bits per heavy atom. The molecule has 6 N–H and O–H groups in total. The summed E-state index contributed by atoms with van der Waals surface area (Å²) in [6, 6.07) is 0. The van der Waals surface area contributed by atoms with Crippen LogP contribution in [0.5, 0.6) is 0 Å². The van der Waals surface area contributed by atoms with Gasteiger partial charge in [-0.05, 0) is 87.0 Å². The molecule has 10 nitrogen and oxygen atoms in total. The highest BCUT2D eigenvalue weighted by atomic mass is 16.5. The maximum atomic E-state index is 13.0. The van der Waals surface area contributed by atoms with Crippen molar-refractivity contribution < 1.29 is 49.7 Å². The summed E-state index contributed by atoms with van der Waals surface area (Å²) in [6.07, 6.45) is 0.765. The number of hydrogen-bond donors (Lipinski definition) is 6. The lowest BCUT2D eigenvalue weighted by atomic mass is 9.41. The van der Waals surface area contributed by atoms with Crippen molar-refractivity contribution in [3.63, 3.8) is 0 Å². The summed E-state index contributed by atoms with van der Waals surface area (Å²) >= 11 is 0. The number of ether oxygens (including phenoxy) is 2. The van der Waals surface area contributed by atoms with E-state index in [9.17, 15) is 40.2 Å². The average Bonchev–Trinajstić information content (AvgIpc) is 3.46. The number of aliphatic hydroxyl groups excluding tert-OH is 4. The molecule has 1 saturated heterocycles. The van der Waals surface area contributed by atoms with Crippen LogP contribution in [0.3, 0.4) is 0 Å². The van der Waals surface area contributed by atoms with E-state index in [2.05, 4.69) is 6.92 Å². The second-order valence-corrected chi connectivity index (χ2v) is 13.5. The van der Waals surface area contributed by atoms with Crippen LogP contribution in [0.4, 0.5) is 0 Å². The van der Waals surface area contributed by atoms with Crippen molar-refractivity contribution in [3.05, 3.63) is 11.6 Å². The molecule has 10 heteroatoms. The molecular formula is C29H42O10. The molecular weight excluding hydrogens is 508 g/mol. The maximum absolute atomic E-state index is 13.0. The van der Waals surface area contributed by atoms with Gasteiger partial charge in [0.1, 0.15) is 37.3 Å². The molecule has 39 heavy (non-hydrogen) atoms. The zero-order valence-corrected chi connectivity index (χ0v) is 22.4. The van der Waals surface area contributed by atoms with Crippen LogP contribution in [0.25, 0.3) is 0 Å². The van der Waals surface area contributed by atoms with Crippen molar-refractivity contribution in [1.82, 2.24) is 0 Å². The van der Waals surface area contributed by atoms with E-state index in [0.29, 0.717) is 44.9 Å². The van der Waals surface area contributed by atoms with Crippen molar-refractivity contribution in [3.8, 4) is 0 Å². The molecule has 6 aliphatic rings. The monoisotopic (exact) mass is 550 g/mol. The normalized spacial score (nSPS) is 55.2. The van der Waals surface area contributed by atoms with E-state index in [0.717, 1.165) is 18.3 Å². The lowest BCUT2D eigenvalue weighted by Gasteiger charge is -2.65. The highest BCUT2D eigenvalue weighted by molar-refractivity contribution is 5.85. The summed E-state index contributed by atoms with van der Waals surface area (Å²) in [4.78, 5) is 24.8. The van der Waals surface area contributed by atoms with E-state index in [4.69, 9.17) is 9.47 Å². The van der Waals surface area contributed by atoms with Crippen LogP contribution in [0.1, 0.15) is 64.7 Å². The fourth-order valence-corrected chi connectivity index (χ4v) is 10.2. The quantitative estimate of drug-likeness (QED) is 0.206. The summed E-state index contributed by atoms with van der Waals surface area (Å²) in [5, 5.41) is 65.4. The van der Waals surface area contributed by atoms with Gasteiger partial charge in [0, 0.05) is 11.5 Å². The Morgan fingerprint density at radius 2 is 1.72 bits per heavy atom. The SMILES string of the molecule is C[C@]12CC[C@H]3[C@@H](CC[C@]4(O)C[C@@H]([C@@H]5O[C@H](CO)[C@@H](O)[C@H](O)[C@H]5O)CC[C@]34C=O)[C@@]1(O)CC[C@@H]2C1=CC(=O)OC1. The van der Waals surface area contributed by atoms with Crippen LogP contribution in [-0.4, -0.2) is 97.8 Å². The predicted octanol–water partition coefficient (Wildman–Crippen LogP) is -0.00410. The number of rotatable bonds is 4. The molecule has 13 atom stereocenters. The maximum Gasteiger partial charge on any atom is 0.331 e. The topological polar surface area (TPSA) is 174 Å². The Kier molecular flexibility index (Phi) is 6.62. The van der Waals surface area contributed by atoms with E-state index in [1.54, 1.807) is 6.08 Å². The van der Waals surface area contributed by atoms with Crippen molar-refractivity contribution in [2.24, 2.45) is 34.5 Å². The van der Waals surface area contributed by atoms with Crippen LogP contribution in [-0.2, 0) is 19.1 Å². The van der Waals surface area contributed by atoms with E-state index in [1.165, 1.54) is 0 Å². The smallest absolute Gasteiger partial charge is 0.331 e. The number of esters is 1. The number of carbonyl (C=O) groups excluding carboxylic acids is 2. The fraction of sp³-hybridized carbons (Fsp3) is 0.862. The molecule has 218 valence electrons. The standard InChI is InChI=1S/C29H42O10/c1-26-6-3-18-19(29(26,37)9-5-17(26)16-10-21(32)38-13-16)4-8-28(36)11-15(2-7-27(18,28)14-31)25-24(35)23(34)22(33)20(12-30)39-25/h10,14-15,17-20,22-25,30,33-37H,2-9,11-13H2,1H3/t15-,17+,18-,19+,20+,22+,23-,24+,25-,26+,27-,28-,29-/m0/s1. The molecule has 0 amide bonds. The second-order valence-electron chi connectivity index (χ2n) is 13.5. The third-order valence-electron chi connectivity index (χ3n) is 12.3. The van der Waals surface area contributed by atoms with Gasteiger partial charge in [-0.15, -0.1) is 0 Å². The van der Waals surface area contributed by atoms with Crippen molar-refractivity contribution >= 4 is 12.3 Å². The van der Waals surface area contributed by atoms with Gasteiger partial charge in [-0.3, -0.25) is 0 Å². The van der Waals surface area contributed by atoms with Gasteiger partial charge in [-0.2, -0.15) is 0 Å². The van der Waals surface area contributed by atoms with Gasteiger partial charge in [0.25, 0.3) is 0 Å². The largest absolute Gasteiger partial charge is 0.458 e. The molecule has 0 unspecified atom stereocenters. The van der Waals surface area contributed by atoms with Crippen molar-refractivity contribution in [1.29, 1.82) is 0 Å². The number of cyclic esters (lactones) is 1. The van der Waals surface area contributed by atoms with Gasteiger partial charge in [0.15, 0.2) is 0 Å². The molecule has 2 aliphatic heterocycles. The first kappa shape index (κ1) is 27.8. The molecule has 0 spiro atoms. The summed E-state index contributed by atoms with van der Waals surface area (Å²) in [5.41, 5.74) is -2.97. The molecule has 0 bridgehead atoms. The van der Waals surface area contributed by atoms with Gasteiger partial charge in [0.05, 0.1) is 29.3 Å². The highest BCUT2D eigenvalue weighted by Gasteiger charge is 2.72. The number of aliphatic hydroxyl groups is 6. The van der Waals surface area contributed by atoms with Gasteiger partial charge in [-0.25, -0.2) is 4.79 Å². The molecule has 0 aromatic carbocycles. The first-order valence-corrected chi connectivity index (χ1v) is 14.5. The summed E-state index contributed by atoms with van der Waals surface area (Å²) < 4.78 is 11.0. The number of hydrogen-bond acceptors (Lipinski definition) is 10. The van der Waals surface area contributed by atoms with Crippen molar-refractivity contribution in [2.75, 3.05) is 13.2 Å². The molecule has 0 aromatic rings. The minimum absolute atomic E-state index is 0.0322. The zero-order valence-electron chi connectivity index (χ0n) is 22.4. The molecule has 4 saturated carbocycles. The first-order chi connectivity index (χ1) is 18.4. The summed E-state index contributed by atoms with van der Waals surface area (Å²) in [6.45, 7) is 1.85. The predicted molar refractivity (Wildman–Crippen MR) is 135 cm³/mol. The Balaban J connectivity index is 1.27. The van der Waals surface area contributed by atoms with Gasteiger partial charge in [0.2, 0.25) is 0 Å². The Bertz CT molecular complexity index is 1050. The fourth-order valence-electron chi connectivity index (χ4n) is 10.2. The van der Waals surface area contributed by atoms with E-state index in [-0.39, 0.29) is 42.7 Å². The van der Waals surface area contributed by atoms with E-state index >= 15 is 0 Å². The van der Waals surface area contributed by atoms with Crippen LogP contribution in [0.15, 0.2) is 11.6 Å². The third kappa shape index (κ3) is 3.65. The molecule has 2 heterocycles. The highest BCUT2D eigenvalue weighted by Crippen LogP contribution is 2.70. The van der Waals surface area contributed by atoms with Gasteiger partial charge >= 0.3 is 5.97 Å². The Morgan fingerprint density at radius 1 is 0.974 bits per heavy atom. The number of fused-ring (bicyclic) bond motifs is 5. The molecule has 0 radical (unpaired) electrons. The lowest BCUT2D eigenvalue weighted by molar-refractivity contribution is -0.270. The van der Waals surface area contributed by atoms with E-state index in [1.807, 2.05) is 0 Å². The summed E-state index contributed by atoms with van der Waals surface area (Å²) in [5.74, 6) is -1.07. The minimum atomic E-state index is -1.49. The van der Waals surface area contributed by atoms with Crippen LogP contribution in [0, 0.1) is 34.5 Å². The van der Waals surface area contributed by atoms with Gasteiger partial charge in [-0.1, -0.05) is 6.92 Å². The van der Waals surface area contributed by atoms with Crippen LogP contribution in [0.2, 0.25) is 0 Å². The lowest BCUT2D eigenvalue weighted by Crippen LogP contribution is -2.69. The Labute approximate surface area is 228 Å². The van der Waals surface area contributed by atoms with Gasteiger partial charge < -0.3 is 44.9 Å². The first-order valence-electron chi connectivity index (χ1n) is 14.5. The zero-order chi connectivity index (χ0) is 28.0. The minimum Gasteiger partial charge on any atom is -0.458 e.